The second-order valence-electron chi connectivity index (χ2n) is 4.01. The van der Waals surface area contributed by atoms with Gasteiger partial charge in [0.1, 0.15) is 5.75 Å². The Morgan fingerprint density at radius 3 is 2.67 bits per heavy atom. The minimum absolute atomic E-state index is 0.0731. The van der Waals surface area contributed by atoms with E-state index in [1.54, 1.807) is 24.1 Å². The molecule has 0 spiro atoms. The van der Waals surface area contributed by atoms with Crippen LogP contribution < -0.4 is 10.5 Å². The Kier molecular flexibility index (Phi) is 6.54. The Balaban J connectivity index is 2.18. The first-order chi connectivity index (χ1) is 8.63. The molecule has 0 bridgehead atoms. The summed E-state index contributed by atoms with van der Waals surface area (Å²) in [6.45, 7) is 1.64. The van der Waals surface area contributed by atoms with Crippen molar-refractivity contribution in [1.82, 2.24) is 4.90 Å². The lowest BCUT2D eigenvalue weighted by atomic mass is 10.3. The van der Waals surface area contributed by atoms with Crippen LogP contribution in [0, 0.1) is 0 Å². The Morgan fingerprint density at radius 2 is 2.06 bits per heavy atom. The zero-order valence-electron chi connectivity index (χ0n) is 10.6. The second kappa shape index (κ2) is 7.95. The molecule has 0 unspecified atom stereocenters. The maximum atomic E-state index is 11.4. The second-order valence-corrected chi connectivity index (χ2v) is 4.45. The molecule has 0 radical (unpaired) electrons. The van der Waals surface area contributed by atoms with Crippen molar-refractivity contribution < 1.29 is 9.53 Å². The molecule has 1 amide bonds. The number of benzene rings is 1. The molecule has 4 nitrogen and oxygen atoms in total. The van der Waals surface area contributed by atoms with Gasteiger partial charge in [-0.2, -0.15) is 0 Å². The fraction of sp³-hybridized carbons (Fsp3) is 0.462. The topological polar surface area (TPSA) is 55.6 Å². The minimum atomic E-state index is 0.0731. The van der Waals surface area contributed by atoms with Crippen molar-refractivity contribution in [2.45, 2.75) is 12.8 Å². The molecule has 2 N–H and O–H groups in total. The van der Waals surface area contributed by atoms with E-state index in [9.17, 15) is 4.79 Å². The summed E-state index contributed by atoms with van der Waals surface area (Å²) in [4.78, 5) is 13.1. The zero-order chi connectivity index (χ0) is 13.4. The monoisotopic (exact) mass is 270 g/mol. The number of rotatable bonds is 7. The average Bonchev–Trinajstić information content (AvgIpc) is 2.36. The fourth-order valence-corrected chi connectivity index (χ4v) is 1.59. The van der Waals surface area contributed by atoms with E-state index in [-0.39, 0.29) is 5.91 Å². The first-order valence-electron chi connectivity index (χ1n) is 5.96. The number of carbonyl (C=O) groups excluding carboxylic acids is 1. The number of carbonyl (C=O) groups is 1. The first-order valence-corrected chi connectivity index (χ1v) is 6.33. The summed E-state index contributed by atoms with van der Waals surface area (Å²) in [6, 6.07) is 7.22. The smallest absolute Gasteiger partial charge is 0.223 e. The summed E-state index contributed by atoms with van der Waals surface area (Å²) in [7, 11) is 1.78. The zero-order valence-corrected chi connectivity index (χ0v) is 11.3. The highest BCUT2D eigenvalue weighted by Crippen LogP contribution is 2.15. The van der Waals surface area contributed by atoms with Crippen LogP contribution in [0.3, 0.4) is 0 Å². The third-order valence-electron chi connectivity index (χ3n) is 2.50. The van der Waals surface area contributed by atoms with Gasteiger partial charge in [-0.3, -0.25) is 4.79 Å². The molecular formula is C13H19ClN2O2. The molecular weight excluding hydrogens is 252 g/mol. The van der Waals surface area contributed by atoms with Gasteiger partial charge in [0.25, 0.3) is 0 Å². The standard InChI is InChI=1S/C13H19ClN2O2/c1-16(13(17)7-8-15)9-2-10-18-12-5-3-11(14)4-6-12/h3-6H,2,7-10,15H2,1H3. The normalized spacial score (nSPS) is 10.2. The molecule has 0 aliphatic rings. The molecule has 100 valence electrons. The van der Waals surface area contributed by atoms with Gasteiger partial charge in [-0.05, 0) is 30.7 Å². The van der Waals surface area contributed by atoms with E-state index in [2.05, 4.69) is 0 Å². The van der Waals surface area contributed by atoms with Crippen LogP contribution in [0.25, 0.3) is 0 Å². The lowest BCUT2D eigenvalue weighted by Gasteiger charge is -2.16. The van der Waals surface area contributed by atoms with Gasteiger partial charge in [-0.1, -0.05) is 11.6 Å². The van der Waals surface area contributed by atoms with Crippen LogP contribution in [0.15, 0.2) is 24.3 Å². The van der Waals surface area contributed by atoms with Gasteiger partial charge in [0.2, 0.25) is 5.91 Å². The van der Waals surface area contributed by atoms with Crippen molar-refractivity contribution in [2.75, 3.05) is 26.7 Å². The predicted octanol–water partition coefficient (Wildman–Crippen LogP) is 1.92. The average molecular weight is 271 g/mol. The lowest BCUT2D eigenvalue weighted by Crippen LogP contribution is -2.30. The van der Waals surface area contributed by atoms with E-state index in [1.165, 1.54) is 0 Å². The number of hydrogen-bond donors (Lipinski definition) is 1. The van der Waals surface area contributed by atoms with E-state index < -0.39 is 0 Å². The van der Waals surface area contributed by atoms with Crippen molar-refractivity contribution in [3.63, 3.8) is 0 Å². The number of hydrogen-bond acceptors (Lipinski definition) is 3. The summed E-state index contributed by atoms with van der Waals surface area (Å²) < 4.78 is 5.53. The highest BCUT2D eigenvalue weighted by molar-refractivity contribution is 6.30. The van der Waals surface area contributed by atoms with Crippen molar-refractivity contribution in [1.29, 1.82) is 0 Å². The molecule has 0 aromatic heterocycles. The fourth-order valence-electron chi connectivity index (χ4n) is 1.46. The van der Waals surface area contributed by atoms with Crippen molar-refractivity contribution in [3.05, 3.63) is 29.3 Å². The van der Waals surface area contributed by atoms with Gasteiger partial charge >= 0.3 is 0 Å². The molecule has 0 saturated heterocycles. The Labute approximate surface area is 113 Å². The highest BCUT2D eigenvalue weighted by atomic mass is 35.5. The van der Waals surface area contributed by atoms with Crippen molar-refractivity contribution >= 4 is 17.5 Å². The molecule has 0 aliphatic carbocycles. The maximum Gasteiger partial charge on any atom is 0.223 e. The molecule has 1 aromatic rings. The number of nitrogens with two attached hydrogens (primary N) is 1. The van der Waals surface area contributed by atoms with Crippen LogP contribution in [0.4, 0.5) is 0 Å². The summed E-state index contributed by atoms with van der Waals surface area (Å²) in [6.07, 6.45) is 1.18. The molecule has 1 rings (SSSR count). The Morgan fingerprint density at radius 1 is 1.39 bits per heavy atom. The molecule has 5 heteroatoms. The lowest BCUT2D eigenvalue weighted by molar-refractivity contribution is -0.129. The van der Waals surface area contributed by atoms with E-state index >= 15 is 0 Å². The number of amides is 1. The van der Waals surface area contributed by atoms with Gasteiger partial charge < -0.3 is 15.4 Å². The van der Waals surface area contributed by atoms with Crippen LogP contribution in [-0.2, 0) is 4.79 Å². The van der Waals surface area contributed by atoms with Crippen LogP contribution in [0.5, 0.6) is 5.75 Å². The highest BCUT2D eigenvalue weighted by Gasteiger charge is 2.06. The van der Waals surface area contributed by atoms with Crippen LogP contribution in [0.1, 0.15) is 12.8 Å². The molecule has 0 heterocycles. The van der Waals surface area contributed by atoms with Crippen molar-refractivity contribution in [2.24, 2.45) is 5.73 Å². The van der Waals surface area contributed by atoms with Crippen LogP contribution in [0.2, 0.25) is 5.02 Å². The first kappa shape index (κ1) is 14.8. The largest absolute Gasteiger partial charge is 0.494 e. The maximum absolute atomic E-state index is 11.4. The summed E-state index contributed by atoms with van der Waals surface area (Å²) in [5.74, 6) is 0.860. The quantitative estimate of drug-likeness (QED) is 0.770. The Bertz CT molecular complexity index is 368. The van der Waals surface area contributed by atoms with Crippen molar-refractivity contribution in [3.8, 4) is 5.75 Å². The van der Waals surface area contributed by atoms with Crippen LogP contribution in [-0.4, -0.2) is 37.6 Å². The third kappa shape index (κ3) is 5.38. The summed E-state index contributed by atoms with van der Waals surface area (Å²) in [5.41, 5.74) is 5.33. The molecule has 0 aliphatic heterocycles. The van der Waals surface area contributed by atoms with E-state index in [0.717, 1.165) is 12.2 Å². The van der Waals surface area contributed by atoms with Gasteiger partial charge in [0.05, 0.1) is 6.61 Å². The molecule has 18 heavy (non-hydrogen) atoms. The van der Waals surface area contributed by atoms with E-state index in [1.807, 2.05) is 12.1 Å². The van der Waals surface area contributed by atoms with Gasteiger partial charge in [0.15, 0.2) is 0 Å². The number of ether oxygens (including phenoxy) is 1. The van der Waals surface area contributed by atoms with E-state index in [4.69, 9.17) is 22.1 Å². The predicted molar refractivity (Wildman–Crippen MR) is 72.9 cm³/mol. The molecule has 1 aromatic carbocycles. The Hall–Kier alpha value is -1.26. The summed E-state index contributed by atoms with van der Waals surface area (Å²) in [5, 5.41) is 0.689. The number of halogens is 1. The molecule has 0 fully saturated rings. The van der Waals surface area contributed by atoms with Crippen LogP contribution >= 0.6 is 11.6 Å². The number of nitrogens with zero attached hydrogens (tertiary/aromatic N) is 1. The van der Waals surface area contributed by atoms with Gasteiger partial charge in [0, 0.05) is 31.6 Å². The van der Waals surface area contributed by atoms with Gasteiger partial charge in [-0.25, -0.2) is 0 Å². The van der Waals surface area contributed by atoms with E-state index in [0.29, 0.717) is 31.1 Å². The van der Waals surface area contributed by atoms with Gasteiger partial charge in [-0.15, -0.1) is 0 Å². The minimum Gasteiger partial charge on any atom is -0.494 e. The summed E-state index contributed by atoms with van der Waals surface area (Å²) >= 11 is 5.77. The SMILES string of the molecule is CN(CCCOc1ccc(Cl)cc1)C(=O)CCN. The molecule has 0 atom stereocenters. The molecule has 0 saturated carbocycles. The third-order valence-corrected chi connectivity index (χ3v) is 2.76.